The first-order valence-electron chi connectivity index (χ1n) is 7.45. The minimum Gasteiger partial charge on any atom is -0.495 e. The Labute approximate surface area is 142 Å². The Balaban J connectivity index is 2.02. The molecule has 0 aromatic heterocycles. The van der Waals surface area contributed by atoms with Gasteiger partial charge >= 0.3 is 0 Å². The van der Waals surface area contributed by atoms with Crippen LogP contribution in [0, 0.1) is 0 Å². The Morgan fingerprint density at radius 2 is 1.75 bits per heavy atom. The topological polar surface area (TPSA) is 58.9 Å². The van der Waals surface area contributed by atoms with Crippen molar-refractivity contribution in [2.75, 3.05) is 12.9 Å². The van der Waals surface area contributed by atoms with Crippen molar-refractivity contribution in [2.45, 2.75) is 4.90 Å². The van der Waals surface area contributed by atoms with Crippen molar-refractivity contribution in [1.82, 2.24) is 0 Å². The van der Waals surface area contributed by atoms with E-state index in [4.69, 9.17) is 4.74 Å². The van der Waals surface area contributed by atoms with Gasteiger partial charge in [-0.05, 0) is 11.5 Å². The summed E-state index contributed by atoms with van der Waals surface area (Å²) in [4.78, 5) is 0.618. The second kappa shape index (κ2) is 7.27. The molecule has 122 valence electrons. The van der Waals surface area contributed by atoms with Crippen LogP contribution in [0.2, 0.25) is 0 Å². The molecule has 0 saturated heterocycles. The van der Waals surface area contributed by atoms with Crippen molar-refractivity contribution < 1.29 is 14.2 Å². The molecule has 0 fully saturated rings. The average Bonchev–Trinajstić information content (AvgIpc) is 2.65. The van der Waals surface area contributed by atoms with Crippen LogP contribution in [0.1, 0.15) is 5.56 Å². The zero-order chi connectivity index (χ0) is 16.9. The van der Waals surface area contributed by atoms with Gasteiger partial charge in [-0.15, -0.1) is 0 Å². The van der Waals surface area contributed by atoms with Crippen LogP contribution in [0.15, 0.2) is 76.8 Å². The Bertz CT molecular complexity index is 907. The summed E-state index contributed by atoms with van der Waals surface area (Å²) in [5.41, 5.74) is 1.12. The highest BCUT2D eigenvalue weighted by Gasteiger charge is 2.18. The van der Waals surface area contributed by atoms with Crippen LogP contribution in [0.3, 0.4) is 0 Å². The molecule has 4 nitrogen and oxygen atoms in total. The van der Waals surface area contributed by atoms with Crippen LogP contribution in [0.4, 0.5) is 0 Å². The third kappa shape index (κ3) is 3.16. The lowest BCUT2D eigenvalue weighted by Crippen LogP contribution is -2.13. The average molecular weight is 339 g/mol. The van der Waals surface area contributed by atoms with Gasteiger partial charge in [-0.25, -0.2) is 0 Å². The van der Waals surface area contributed by atoms with Gasteiger partial charge in [0.15, 0.2) is 0 Å². The monoisotopic (exact) mass is 339 g/mol. The second-order valence-corrected chi connectivity index (χ2v) is 6.61. The van der Waals surface area contributed by atoms with E-state index in [1.165, 1.54) is 0 Å². The maximum atomic E-state index is 13.0. The molecule has 24 heavy (non-hydrogen) atoms. The van der Waals surface area contributed by atoms with Gasteiger partial charge in [-0.3, -0.25) is 4.21 Å². The van der Waals surface area contributed by atoms with Crippen LogP contribution < -0.4 is 4.74 Å². The number of nitrogens with zero attached hydrogens (tertiary/aromatic N) is 1. The highest BCUT2D eigenvalue weighted by molar-refractivity contribution is 7.86. The lowest BCUT2D eigenvalue weighted by molar-refractivity contribution is 0.319. The molecule has 0 unspecified atom stereocenters. The maximum Gasteiger partial charge on any atom is 0.135 e. The number of ether oxygens (including phenoxy) is 1. The Hall–Kier alpha value is -2.66. The zero-order valence-electron chi connectivity index (χ0n) is 13.2. The van der Waals surface area contributed by atoms with E-state index in [-0.39, 0.29) is 5.75 Å². The molecule has 1 N–H and O–H groups in total. The number of oxime groups is 1. The number of hydrogen-bond acceptors (Lipinski definition) is 4. The molecule has 3 aromatic rings. The van der Waals surface area contributed by atoms with E-state index < -0.39 is 10.8 Å². The van der Waals surface area contributed by atoms with E-state index in [1.54, 1.807) is 7.11 Å². The van der Waals surface area contributed by atoms with Crippen LogP contribution in [-0.4, -0.2) is 28.0 Å². The van der Waals surface area contributed by atoms with Crippen molar-refractivity contribution in [3.63, 3.8) is 0 Å². The summed E-state index contributed by atoms with van der Waals surface area (Å²) in [7, 11) is 0.143. The lowest BCUT2D eigenvalue weighted by Gasteiger charge is -2.12. The number of benzene rings is 3. The maximum absolute atomic E-state index is 13.0. The molecule has 1 atom stereocenters. The summed E-state index contributed by atoms with van der Waals surface area (Å²) in [6.07, 6.45) is 0. The first kappa shape index (κ1) is 16.2. The Morgan fingerprint density at radius 3 is 2.46 bits per heavy atom. The van der Waals surface area contributed by atoms with Crippen molar-refractivity contribution in [3.8, 4) is 5.75 Å². The predicted octanol–water partition coefficient (Wildman–Crippen LogP) is 3.83. The normalized spacial score (nSPS) is 13.0. The largest absolute Gasteiger partial charge is 0.495 e. The van der Waals surface area contributed by atoms with Gasteiger partial charge in [-0.2, -0.15) is 0 Å². The summed E-state index contributed by atoms with van der Waals surface area (Å²) in [5, 5.41) is 14.5. The van der Waals surface area contributed by atoms with Crippen molar-refractivity contribution in [3.05, 3.63) is 72.3 Å². The highest BCUT2D eigenvalue weighted by Crippen LogP contribution is 2.31. The number of hydrogen-bond donors (Lipinski definition) is 1. The molecular formula is C19H17NO3S. The van der Waals surface area contributed by atoms with E-state index in [2.05, 4.69) is 5.16 Å². The molecule has 0 radical (unpaired) electrons. The molecule has 0 bridgehead atoms. The second-order valence-electron chi connectivity index (χ2n) is 5.22. The first-order chi connectivity index (χ1) is 11.7. The fraction of sp³-hybridized carbons (Fsp3) is 0.105. The van der Waals surface area contributed by atoms with Gasteiger partial charge in [-0.1, -0.05) is 65.8 Å². The number of rotatable bonds is 5. The highest BCUT2D eigenvalue weighted by atomic mass is 32.2. The summed E-state index contributed by atoms with van der Waals surface area (Å²) in [5.74, 6) is 0.669. The third-order valence-electron chi connectivity index (χ3n) is 3.79. The number of fused-ring (bicyclic) bond motifs is 1. The van der Waals surface area contributed by atoms with Gasteiger partial charge in [0.1, 0.15) is 5.75 Å². The van der Waals surface area contributed by atoms with Gasteiger partial charge in [0.2, 0.25) is 0 Å². The predicted molar refractivity (Wildman–Crippen MR) is 96.5 cm³/mol. The smallest absolute Gasteiger partial charge is 0.135 e. The summed E-state index contributed by atoms with van der Waals surface area (Å²) in [6.45, 7) is 0. The minimum absolute atomic E-state index is 0.102. The van der Waals surface area contributed by atoms with Crippen LogP contribution in [0.5, 0.6) is 5.75 Å². The Kier molecular flexibility index (Phi) is 4.91. The van der Waals surface area contributed by atoms with Crippen LogP contribution in [-0.2, 0) is 10.8 Å². The standard InChI is InChI=1S/C19H17NO3S/c1-23-18-12-11-14-7-5-6-10-16(14)19(18)24(22)13-17(20-21)15-8-3-2-4-9-15/h2-12,21H,13H2,1H3/b20-17-/t24-/m1/s1. The fourth-order valence-electron chi connectivity index (χ4n) is 2.62. The van der Waals surface area contributed by atoms with Gasteiger partial charge in [0, 0.05) is 10.9 Å². The molecular weight excluding hydrogens is 322 g/mol. The van der Waals surface area contributed by atoms with Crippen LogP contribution >= 0.6 is 0 Å². The fourth-order valence-corrected chi connectivity index (χ4v) is 4.04. The van der Waals surface area contributed by atoms with E-state index in [0.29, 0.717) is 16.4 Å². The third-order valence-corrected chi connectivity index (χ3v) is 5.20. The summed E-state index contributed by atoms with van der Waals surface area (Å²) in [6, 6.07) is 20.7. The van der Waals surface area contributed by atoms with Crippen molar-refractivity contribution >= 4 is 27.3 Å². The number of methoxy groups -OCH3 is 1. The van der Waals surface area contributed by atoms with E-state index in [9.17, 15) is 9.42 Å². The van der Waals surface area contributed by atoms with E-state index in [0.717, 1.165) is 16.3 Å². The van der Waals surface area contributed by atoms with E-state index >= 15 is 0 Å². The molecule has 3 rings (SSSR count). The van der Waals surface area contributed by atoms with Gasteiger partial charge < -0.3 is 9.94 Å². The molecule has 0 amide bonds. The molecule has 0 aliphatic heterocycles. The molecule has 3 aromatic carbocycles. The molecule has 0 spiro atoms. The summed E-state index contributed by atoms with van der Waals surface area (Å²) < 4.78 is 18.4. The molecule has 0 saturated carbocycles. The quantitative estimate of drug-likeness (QED) is 0.436. The van der Waals surface area contributed by atoms with Gasteiger partial charge in [0.05, 0.1) is 34.3 Å². The molecule has 0 heterocycles. The van der Waals surface area contributed by atoms with E-state index in [1.807, 2.05) is 66.7 Å². The van der Waals surface area contributed by atoms with Crippen LogP contribution in [0.25, 0.3) is 10.8 Å². The van der Waals surface area contributed by atoms with Gasteiger partial charge in [0.25, 0.3) is 0 Å². The van der Waals surface area contributed by atoms with Crippen molar-refractivity contribution in [2.24, 2.45) is 5.16 Å². The first-order valence-corrected chi connectivity index (χ1v) is 8.77. The molecule has 0 aliphatic rings. The molecule has 5 heteroatoms. The summed E-state index contributed by atoms with van der Waals surface area (Å²) >= 11 is 0. The minimum atomic E-state index is -1.42. The SMILES string of the molecule is COc1ccc2ccccc2c1[S@](=O)C/C(=N/O)c1ccccc1. The molecule has 0 aliphatic carbocycles. The van der Waals surface area contributed by atoms with Crippen molar-refractivity contribution in [1.29, 1.82) is 0 Å². The zero-order valence-corrected chi connectivity index (χ0v) is 14.0. The Morgan fingerprint density at radius 1 is 1.04 bits per heavy atom. The lowest BCUT2D eigenvalue weighted by atomic mass is 10.1.